The summed E-state index contributed by atoms with van der Waals surface area (Å²) in [6, 6.07) is 0. The molecule has 2 aliphatic rings. The SMILES string of the molecule is ClCC(CCC1CO1)COCC1CO1. The molecule has 0 aromatic rings. The lowest BCUT2D eigenvalue weighted by atomic mass is 10.1. The van der Waals surface area contributed by atoms with Gasteiger partial charge >= 0.3 is 0 Å². The van der Waals surface area contributed by atoms with Gasteiger partial charge in [0.25, 0.3) is 0 Å². The van der Waals surface area contributed by atoms with Gasteiger partial charge in [-0.2, -0.15) is 0 Å². The number of alkyl halides is 1. The summed E-state index contributed by atoms with van der Waals surface area (Å²) in [5, 5.41) is 0. The van der Waals surface area contributed by atoms with Crippen LogP contribution in [-0.4, -0.2) is 44.5 Å². The summed E-state index contributed by atoms with van der Waals surface area (Å²) in [7, 11) is 0. The molecule has 2 saturated heterocycles. The summed E-state index contributed by atoms with van der Waals surface area (Å²) < 4.78 is 15.7. The van der Waals surface area contributed by atoms with E-state index in [1.807, 2.05) is 0 Å². The van der Waals surface area contributed by atoms with Gasteiger partial charge in [-0.3, -0.25) is 0 Å². The summed E-state index contributed by atoms with van der Waals surface area (Å²) in [5.74, 6) is 1.15. The molecule has 0 spiro atoms. The van der Waals surface area contributed by atoms with Gasteiger partial charge in [-0.25, -0.2) is 0 Å². The Morgan fingerprint density at radius 2 is 2.00 bits per heavy atom. The number of halogens is 1. The van der Waals surface area contributed by atoms with E-state index in [-0.39, 0.29) is 0 Å². The second-order valence-corrected chi connectivity index (χ2v) is 4.35. The summed E-state index contributed by atoms with van der Waals surface area (Å²) in [6.07, 6.45) is 3.10. The molecule has 3 unspecified atom stereocenters. The molecule has 0 radical (unpaired) electrons. The Balaban J connectivity index is 1.49. The summed E-state index contributed by atoms with van der Waals surface area (Å²) in [4.78, 5) is 0. The van der Waals surface area contributed by atoms with Crippen LogP contribution in [0.15, 0.2) is 0 Å². The van der Waals surface area contributed by atoms with E-state index in [2.05, 4.69) is 0 Å². The monoisotopic (exact) mass is 220 g/mol. The van der Waals surface area contributed by atoms with Gasteiger partial charge in [0.05, 0.1) is 32.5 Å². The first-order chi connectivity index (χ1) is 6.88. The molecule has 0 bridgehead atoms. The zero-order valence-corrected chi connectivity index (χ0v) is 9.04. The second-order valence-electron chi connectivity index (χ2n) is 4.05. The van der Waals surface area contributed by atoms with Crippen molar-refractivity contribution < 1.29 is 14.2 Å². The van der Waals surface area contributed by atoms with E-state index in [1.54, 1.807) is 0 Å². The average Bonchev–Trinajstić information content (AvgIpc) is 3.01. The maximum atomic E-state index is 5.85. The van der Waals surface area contributed by atoms with Gasteiger partial charge in [-0.1, -0.05) is 0 Å². The fourth-order valence-electron chi connectivity index (χ4n) is 1.39. The van der Waals surface area contributed by atoms with Crippen molar-refractivity contribution in [2.45, 2.75) is 25.0 Å². The highest BCUT2D eigenvalue weighted by molar-refractivity contribution is 6.18. The van der Waals surface area contributed by atoms with E-state index >= 15 is 0 Å². The molecule has 3 nitrogen and oxygen atoms in total. The minimum atomic E-state index is 0.359. The van der Waals surface area contributed by atoms with Crippen molar-refractivity contribution >= 4 is 11.6 Å². The van der Waals surface area contributed by atoms with Gasteiger partial charge in [0, 0.05) is 5.88 Å². The van der Waals surface area contributed by atoms with Gasteiger partial charge in [0.1, 0.15) is 6.10 Å². The molecule has 82 valence electrons. The van der Waals surface area contributed by atoms with Crippen LogP contribution in [0.1, 0.15) is 12.8 Å². The van der Waals surface area contributed by atoms with E-state index in [4.69, 9.17) is 25.8 Å². The first-order valence-corrected chi connectivity index (χ1v) is 5.79. The lowest BCUT2D eigenvalue weighted by molar-refractivity contribution is 0.0880. The normalized spacial score (nSPS) is 31.5. The van der Waals surface area contributed by atoms with Crippen LogP contribution < -0.4 is 0 Å². The van der Waals surface area contributed by atoms with Crippen LogP contribution in [0.3, 0.4) is 0 Å². The predicted molar refractivity (Wildman–Crippen MR) is 53.7 cm³/mol. The van der Waals surface area contributed by atoms with Crippen molar-refractivity contribution in [1.82, 2.24) is 0 Å². The van der Waals surface area contributed by atoms with Crippen LogP contribution in [-0.2, 0) is 14.2 Å². The van der Waals surface area contributed by atoms with Crippen molar-refractivity contribution in [2.24, 2.45) is 5.92 Å². The van der Waals surface area contributed by atoms with Crippen molar-refractivity contribution in [3.63, 3.8) is 0 Å². The quantitative estimate of drug-likeness (QED) is 0.459. The molecule has 2 fully saturated rings. The number of hydrogen-bond donors (Lipinski definition) is 0. The zero-order chi connectivity index (χ0) is 9.80. The van der Waals surface area contributed by atoms with Gasteiger partial charge in [0.2, 0.25) is 0 Å². The van der Waals surface area contributed by atoms with Gasteiger partial charge in [0.15, 0.2) is 0 Å². The maximum absolute atomic E-state index is 5.85. The lowest BCUT2D eigenvalue weighted by Gasteiger charge is -2.12. The molecule has 2 heterocycles. The first-order valence-electron chi connectivity index (χ1n) is 5.25. The van der Waals surface area contributed by atoms with E-state index in [0.29, 0.717) is 24.0 Å². The van der Waals surface area contributed by atoms with Crippen molar-refractivity contribution in [2.75, 3.05) is 32.3 Å². The molecule has 0 aromatic carbocycles. The zero-order valence-electron chi connectivity index (χ0n) is 8.28. The Hall–Kier alpha value is 0.170. The van der Waals surface area contributed by atoms with E-state index in [9.17, 15) is 0 Å². The Morgan fingerprint density at radius 1 is 1.29 bits per heavy atom. The van der Waals surface area contributed by atoms with Crippen molar-refractivity contribution in [1.29, 1.82) is 0 Å². The van der Waals surface area contributed by atoms with Crippen LogP contribution in [0.25, 0.3) is 0 Å². The topological polar surface area (TPSA) is 34.3 Å². The Kier molecular flexibility index (Phi) is 4.05. The van der Waals surface area contributed by atoms with E-state index in [0.717, 1.165) is 39.3 Å². The van der Waals surface area contributed by atoms with Gasteiger partial charge in [-0.05, 0) is 18.8 Å². The predicted octanol–water partition coefficient (Wildman–Crippen LogP) is 1.44. The molecular weight excluding hydrogens is 204 g/mol. The van der Waals surface area contributed by atoms with E-state index in [1.165, 1.54) is 0 Å². The molecule has 3 atom stereocenters. The standard InChI is InChI=1S/C10H17ClO3/c11-3-8(1-2-9-6-13-9)4-12-5-10-7-14-10/h8-10H,1-7H2. The van der Waals surface area contributed by atoms with E-state index < -0.39 is 0 Å². The van der Waals surface area contributed by atoms with Crippen LogP contribution in [0, 0.1) is 5.92 Å². The number of ether oxygens (including phenoxy) is 3. The Labute approximate surface area is 89.7 Å². The summed E-state index contributed by atoms with van der Waals surface area (Å²) in [6.45, 7) is 3.29. The molecule has 0 aromatic heterocycles. The molecular formula is C10H17ClO3. The van der Waals surface area contributed by atoms with Crippen LogP contribution in [0.5, 0.6) is 0 Å². The highest BCUT2D eigenvalue weighted by atomic mass is 35.5. The fraction of sp³-hybridized carbons (Fsp3) is 1.00. The van der Waals surface area contributed by atoms with Crippen LogP contribution in [0.4, 0.5) is 0 Å². The van der Waals surface area contributed by atoms with Gasteiger partial charge in [-0.15, -0.1) is 11.6 Å². The van der Waals surface area contributed by atoms with Crippen molar-refractivity contribution in [3.05, 3.63) is 0 Å². The fourth-order valence-corrected chi connectivity index (χ4v) is 1.64. The number of epoxide rings is 2. The maximum Gasteiger partial charge on any atom is 0.104 e. The highest BCUT2D eigenvalue weighted by Gasteiger charge is 2.25. The Bertz CT molecular complexity index is 169. The van der Waals surface area contributed by atoms with Crippen molar-refractivity contribution in [3.8, 4) is 0 Å². The second kappa shape index (κ2) is 5.31. The largest absolute Gasteiger partial charge is 0.378 e. The molecule has 14 heavy (non-hydrogen) atoms. The third-order valence-corrected chi connectivity index (χ3v) is 3.01. The van der Waals surface area contributed by atoms with Crippen LogP contribution >= 0.6 is 11.6 Å². The summed E-state index contributed by atoms with van der Waals surface area (Å²) >= 11 is 5.85. The molecule has 0 amide bonds. The lowest BCUT2D eigenvalue weighted by Crippen LogP contribution is -2.14. The molecule has 0 aliphatic carbocycles. The van der Waals surface area contributed by atoms with Gasteiger partial charge < -0.3 is 14.2 Å². The van der Waals surface area contributed by atoms with Crippen LogP contribution in [0.2, 0.25) is 0 Å². The molecule has 2 aliphatic heterocycles. The molecule has 0 N–H and O–H groups in total. The smallest absolute Gasteiger partial charge is 0.104 e. The Morgan fingerprint density at radius 3 is 2.57 bits per heavy atom. The summed E-state index contributed by atoms with van der Waals surface area (Å²) in [5.41, 5.74) is 0. The third kappa shape index (κ3) is 4.13. The average molecular weight is 221 g/mol. The highest BCUT2D eigenvalue weighted by Crippen LogP contribution is 2.20. The molecule has 4 heteroatoms. The minimum absolute atomic E-state index is 0.359. The number of rotatable bonds is 8. The minimum Gasteiger partial charge on any atom is -0.378 e. The first kappa shape index (κ1) is 10.7. The third-order valence-electron chi connectivity index (χ3n) is 2.58. The molecule has 2 rings (SSSR count). The number of hydrogen-bond acceptors (Lipinski definition) is 3. The molecule has 0 saturated carbocycles.